The Bertz CT molecular complexity index is 374. The molecule has 77 valence electrons. The Labute approximate surface area is 92.7 Å². The molecular weight excluding hydrogens is 200 g/mol. The number of benzene rings is 1. The van der Waals surface area contributed by atoms with Crippen LogP contribution in [0.5, 0.6) is 0 Å². The van der Waals surface area contributed by atoms with Crippen molar-refractivity contribution in [3.05, 3.63) is 53.9 Å². The standard InChI is InChI=1S/C13H15OSi/c1-4-11-7-8-12(10-14)13(9-11)15(5-2)6-3/h5-9,15H,2-4H2,1H3. The molecular formula is C13H15OSi. The van der Waals surface area contributed by atoms with Crippen molar-refractivity contribution in [1.29, 1.82) is 0 Å². The van der Waals surface area contributed by atoms with E-state index in [9.17, 15) is 4.79 Å². The summed E-state index contributed by atoms with van der Waals surface area (Å²) in [5.74, 6) is 0. The molecule has 0 saturated carbocycles. The Morgan fingerprint density at radius 2 is 2.07 bits per heavy atom. The summed E-state index contributed by atoms with van der Waals surface area (Å²) in [7, 11) is -1.38. The first-order valence-electron chi connectivity index (χ1n) is 5.02. The predicted molar refractivity (Wildman–Crippen MR) is 67.8 cm³/mol. The van der Waals surface area contributed by atoms with Gasteiger partial charge < -0.3 is 0 Å². The SMILES string of the molecule is C=C[SiH](C=C)c1cc(CC)ccc1[C]=O. The lowest BCUT2D eigenvalue weighted by atomic mass is 10.1. The first kappa shape index (κ1) is 11.7. The molecule has 0 bridgehead atoms. The minimum absolute atomic E-state index is 0.656. The van der Waals surface area contributed by atoms with E-state index in [1.807, 2.05) is 29.8 Å². The summed E-state index contributed by atoms with van der Waals surface area (Å²) in [4.78, 5) is 10.8. The molecule has 2 heteroatoms. The molecule has 0 atom stereocenters. The molecule has 0 fully saturated rings. The highest BCUT2D eigenvalue weighted by Gasteiger charge is 2.11. The van der Waals surface area contributed by atoms with E-state index < -0.39 is 8.80 Å². The van der Waals surface area contributed by atoms with Crippen molar-refractivity contribution in [3.63, 3.8) is 0 Å². The van der Waals surface area contributed by atoms with Crippen LogP contribution in [0, 0.1) is 0 Å². The molecule has 0 N–H and O–H groups in total. The van der Waals surface area contributed by atoms with Gasteiger partial charge in [0.15, 0.2) is 0 Å². The van der Waals surface area contributed by atoms with Crippen LogP contribution in [0.15, 0.2) is 42.8 Å². The minimum Gasteiger partial charge on any atom is -0.285 e. The van der Waals surface area contributed by atoms with Gasteiger partial charge in [-0.15, -0.1) is 13.2 Å². The normalized spacial score (nSPS) is 10.0. The van der Waals surface area contributed by atoms with Gasteiger partial charge in [0.2, 0.25) is 6.29 Å². The third-order valence-corrected chi connectivity index (χ3v) is 4.71. The molecule has 0 saturated heterocycles. The zero-order valence-electron chi connectivity index (χ0n) is 8.99. The minimum atomic E-state index is -1.38. The Balaban J connectivity index is 3.27. The average molecular weight is 215 g/mol. The molecule has 0 aliphatic carbocycles. The molecule has 0 spiro atoms. The maximum atomic E-state index is 10.8. The van der Waals surface area contributed by atoms with E-state index in [-0.39, 0.29) is 0 Å². The van der Waals surface area contributed by atoms with E-state index in [2.05, 4.69) is 26.1 Å². The quantitative estimate of drug-likeness (QED) is 0.682. The van der Waals surface area contributed by atoms with Crippen molar-refractivity contribution in [2.45, 2.75) is 13.3 Å². The summed E-state index contributed by atoms with van der Waals surface area (Å²) < 4.78 is 0. The van der Waals surface area contributed by atoms with Crippen molar-refractivity contribution in [3.8, 4) is 0 Å². The van der Waals surface area contributed by atoms with E-state index in [1.165, 1.54) is 5.56 Å². The van der Waals surface area contributed by atoms with Gasteiger partial charge in [-0.3, -0.25) is 4.79 Å². The fourth-order valence-corrected chi connectivity index (χ4v) is 3.17. The van der Waals surface area contributed by atoms with Crippen LogP contribution < -0.4 is 5.19 Å². The molecule has 1 rings (SSSR count). The fourth-order valence-electron chi connectivity index (χ4n) is 1.55. The third-order valence-electron chi connectivity index (χ3n) is 2.50. The van der Waals surface area contributed by atoms with E-state index >= 15 is 0 Å². The molecule has 0 heterocycles. The second-order valence-corrected chi connectivity index (χ2v) is 5.99. The zero-order chi connectivity index (χ0) is 11.3. The van der Waals surface area contributed by atoms with E-state index in [1.54, 1.807) is 0 Å². The molecule has 0 unspecified atom stereocenters. The summed E-state index contributed by atoms with van der Waals surface area (Å²) in [5.41, 5.74) is 5.74. The Morgan fingerprint density at radius 3 is 2.53 bits per heavy atom. The number of hydrogen-bond acceptors (Lipinski definition) is 1. The van der Waals surface area contributed by atoms with E-state index in [4.69, 9.17) is 0 Å². The highest BCUT2D eigenvalue weighted by Crippen LogP contribution is 2.04. The van der Waals surface area contributed by atoms with Gasteiger partial charge in [-0.05, 0) is 17.2 Å². The second-order valence-electron chi connectivity index (χ2n) is 3.37. The van der Waals surface area contributed by atoms with Gasteiger partial charge in [-0.25, -0.2) is 0 Å². The molecule has 0 aromatic heterocycles. The lowest BCUT2D eigenvalue weighted by Gasteiger charge is -2.10. The molecule has 1 aromatic rings. The van der Waals surface area contributed by atoms with Gasteiger partial charge in [0.05, 0.1) is 0 Å². The van der Waals surface area contributed by atoms with Crippen LogP contribution in [0.1, 0.15) is 18.1 Å². The molecule has 1 aromatic carbocycles. The summed E-state index contributed by atoms with van der Waals surface area (Å²) >= 11 is 0. The molecule has 15 heavy (non-hydrogen) atoms. The topological polar surface area (TPSA) is 17.1 Å². The Hall–Kier alpha value is -1.41. The van der Waals surface area contributed by atoms with Crippen molar-refractivity contribution < 1.29 is 4.79 Å². The maximum Gasteiger partial charge on any atom is 0.233 e. The fraction of sp³-hybridized carbons (Fsp3) is 0.154. The van der Waals surface area contributed by atoms with Gasteiger partial charge in [-0.2, -0.15) is 0 Å². The number of aryl methyl sites for hydroxylation is 1. The highest BCUT2D eigenvalue weighted by molar-refractivity contribution is 6.82. The van der Waals surface area contributed by atoms with Gasteiger partial charge in [0.25, 0.3) is 0 Å². The van der Waals surface area contributed by atoms with Crippen LogP contribution >= 0.6 is 0 Å². The maximum absolute atomic E-state index is 10.8. The molecule has 0 amide bonds. The summed E-state index contributed by atoms with van der Waals surface area (Å²) in [5, 5.41) is 1.08. The van der Waals surface area contributed by atoms with Crippen LogP contribution in [-0.2, 0) is 11.2 Å². The van der Waals surface area contributed by atoms with Crippen molar-refractivity contribution >= 4 is 20.3 Å². The molecule has 1 nitrogen and oxygen atoms in total. The van der Waals surface area contributed by atoms with E-state index in [0.29, 0.717) is 5.56 Å². The Kier molecular flexibility index (Phi) is 4.25. The highest BCUT2D eigenvalue weighted by atomic mass is 28.3. The third kappa shape index (κ3) is 2.54. The number of hydrogen-bond donors (Lipinski definition) is 0. The lowest BCUT2D eigenvalue weighted by Crippen LogP contribution is -2.30. The Morgan fingerprint density at radius 1 is 1.40 bits per heavy atom. The van der Waals surface area contributed by atoms with Crippen molar-refractivity contribution in [2.24, 2.45) is 0 Å². The molecule has 0 aliphatic rings. The van der Waals surface area contributed by atoms with Gasteiger partial charge in [0, 0.05) is 5.56 Å². The summed E-state index contributed by atoms with van der Waals surface area (Å²) in [6.45, 7) is 9.70. The predicted octanol–water partition coefficient (Wildman–Crippen LogP) is 1.59. The first-order chi connectivity index (χ1) is 7.26. The first-order valence-corrected chi connectivity index (χ1v) is 6.94. The van der Waals surface area contributed by atoms with Crippen LogP contribution in [0.2, 0.25) is 0 Å². The van der Waals surface area contributed by atoms with Gasteiger partial charge in [-0.1, -0.05) is 36.5 Å². The molecule has 1 radical (unpaired) electrons. The van der Waals surface area contributed by atoms with Crippen LogP contribution in [-0.4, -0.2) is 15.1 Å². The summed E-state index contributed by atoms with van der Waals surface area (Å²) in [6, 6.07) is 5.90. The van der Waals surface area contributed by atoms with Crippen molar-refractivity contribution in [1.82, 2.24) is 0 Å². The largest absolute Gasteiger partial charge is 0.285 e. The monoisotopic (exact) mass is 215 g/mol. The summed E-state index contributed by atoms with van der Waals surface area (Å²) in [6.07, 6.45) is 2.96. The lowest BCUT2D eigenvalue weighted by molar-refractivity contribution is 0.563. The van der Waals surface area contributed by atoms with Crippen LogP contribution in [0.3, 0.4) is 0 Å². The average Bonchev–Trinajstić information content (AvgIpc) is 2.30. The van der Waals surface area contributed by atoms with Crippen LogP contribution in [0.4, 0.5) is 0 Å². The van der Waals surface area contributed by atoms with Crippen LogP contribution in [0.25, 0.3) is 0 Å². The molecule has 0 aliphatic heterocycles. The zero-order valence-corrected chi connectivity index (χ0v) is 10.1. The van der Waals surface area contributed by atoms with Gasteiger partial charge in [0.1, 0.15) is 8.80 Å². The second kappa shape index (κ2) is 5.46. The van der Waals surface area contributed by atoms with Gasteiger partial charge >= 0.3 is 0 Å². The number of rotatable bonds is 5. The van der Waals surface area contributed by atoms with E-state index in [0.717, 1.165) is 11.6 Å². The number of carbonyl (C=O) groups excluding carboxylic acids is 1. The smallest absolute Gasteiger partial charge is 0.233 e. The van der Waals surface area contributed by atoms with Crippen molar-refractivity contribution in [2.75, 3.05) is 0 Å².